The van der Waals surface area contributed by atoms with Gasteiger partial charge in [-0.25, -0.2) is 0 Å². The molecular weight excluding hydrogens is 314 g/mol. The molecule has 1 aromatic carbocycles. The van der Waals surface area contributed by atoms with E-state index in [1.807, 2.05) is 12.1 Å². The van der Waals surface area contributed by atoms with Crippen molar-refractivity contribution in [1.29, 1.82) is 0 Å². The second kappa shape index (κ2) is 5.79. The van der Waals surface area contributed by atoms with Crippen molar-refractivity contribution >= 4 is 21.9 Å². The van der Waals surface area contributed by atoms with Crippen LogP contribution in [0, 0.1) is 0 Å². The SMILES string of the molecule is COc1cc(Br)c(C2CCNC2C(=O)O)cc1OC. The Morgan fingerprint density at radius 1 is 1.37 bits per heavy atom. The van der Waals surface area contributed by atoms with Crippen LogP contribution in [-0.2, 0) is 4.79 Å². The van der Waals surface area contributed by atoms with E-state index in [0.29, 0.717) is 18.0 Å². The molecule has 0 aromatic heterocycles. The lowest BCUT2D eigenvalue weighted by atomic mass is 9.91. The maximum Gasteiger partial charge on any atom is 0.321 e. The van der Waals surface area contributed by atoms with Gasteiger partial charge in [0.1, 0.15) is 6.04 Å². The number of ether oxygens (including phenoxy) is 2. The van der Waals surface area contributed by atoms with Crippen molar-refractivity contribution < 1.29 is 19.4 Å². The van der Waals surface area contributed by atoms with Crippen molar-refractivity contribution in [2.24, 2.45) is 0 Å². The smallest absolute Gasteiger partial charge is 0.321 e. The van der Waals surface area contributed by atoms with Gasteiger partial charge in [0.2, 0.25) is 0 Å². The minimum Gasteiger partial charge on any atom is -0.493 e. The molecule has 2 N–H and O–H groups in total. The summed E-state index contributed by atoms with van der Waals surface area (Å²) in [5.74, 6) is 0.323. The van der Waals surface area contributed by atoms with Crippen LogP contribution in [0.15, 0.2) is 16.6 Å². The van der Waals surface area contributed by atoms with Gasteiger partial charge in [-0.1, -0.05) is 15.9 Å². The third kappa shape index (κ3) is 2.69. The van der Waals surface area contributed by atoms with E-state index in [9.17, 15) is 9.90 Å². The first-order chi connectivity index (χ1) is 9.08. The number of benzene rings is 1. The van der Waals surface area contributed by atoms with E-state index in [2.05, 4.69) is 21.2 Å². The summed E-state index contributed by atoms with van der Waals surface area (Å²) in [6.45, 7) is 0.697. The second-order valence-electron chi connectivity index (χ2n) is 4.39. The van der Waals surface area contributed by atoms with E-state index in [-0.39, 0.29) is 5.92 Å². The number of methoxy groups -OCH3 is 2. The fourth-order valence-corrected chi connectivity index (χ4v) is 3.07. The number of hydrogen-bond donors (Lipinski definition) is 2. The molecular formula is C13H16BrNO4. The quantitative estimate of drug-likeness (QED) is 0.884. The Labute approximate surface area is 120 Å². The molecule has 1 heterocycles. The first-order valence-electron chi connectivity index (χ1n) is 5.96. The summed E-state index contributed by atoms with van der Waals surface area (Å²) in [7, 11) is 3.14. The largest absolute Gasteiger partial charge is 0.493 e. The number of hydrogen-bond acceptors (Lipinski definition) is 4. The highest BCUT2D eigenvalue weighted by Crippen LogP contribution is 2.40. The minimum atomic E-state index is -0.829. The Kier molecular flexibility index (Phi) is 4.31. The number of aliphatic carboxylic acids is 1. The highest BCUT2D eigenvalue weighted by Gasteiger charge is 2.35. The zero-order valence-corrected chi connectivity index (χ0v) is 12.4. The van der Waals surface area contributed by atoms with Crippen LogP contribution in [0.3, 0.4) is 0 Å². The Hall–Kier alpha value is -1.27. The predicted molar refractivity (Wildman–Crippen MR) is 74.0 cm³/mol. The van der Waals surface area contributed by atoms with Crippen LogP contribution in [-0.4, -0.2) is 37.9 Å². The van der Waals surface area contributed by atoms with Crippen molar-refractivity contribution in [1.82, 2.24) is 5.32 Å². The van der Waals surface area contributed by atoms with E-state index >= 15 is 0 Å². The number of nitrogens with one attached hydrogen (secondary N) is 1. The van der Waals surface area contributed by atoms with E-state index in [1.165, 1.54) is 0 Å². The maximum absolute atomic E-state index is 11.2. The van der Waals surface area contributed by atoms with Crippen LogP contribution in [0.4, 0.5) is 0 Å². The molecule has 2 atom stereocenters. The van der Waals surface area contributed by atoms with Crippen LogP contribution in [0.25, 0.3) is 0 Å². The van der Waals surface area contributed by atoms with Crippen LogP contribution in [0.5, 0.6) is 11.5 Å². The lowest BCUT2D eigenvalue weighted by Gasteiger charge is -2.19. The monoisotopic (exact) mass is 329 g/mol. The topological polar surface area (TPSA) is 67.8 Å². The zero-order chi connectivity index (χ0) is 14.0. The molecule has 2 rings (SSSR count). The van der Waals surface area contributed by atoms with Gasteiger partial charge in [-0.3, -0.25) is 4.79 Å². The molecule has 5 nitrogen and oxygen atoms in total. The van der Waals surface area contributed by atoms with E-state index in [4.69, 9.17) is 9.47 Å². The van der Waals surface area contributed by atoms with Crippen molar-refractivity contribution in [3.8, 4) is 11.5 Å². The standard InChI is InChI=1S/C13H16BrNO4/c1-18-10-5-8(9(14)6-11(10)19-2)7-3-4-15-12(7)13(16)17/h5-7,12,15H,3-4H2,1-2H3,(H,16,17). The summed E-state index contributed by atoms with van der Waals surface area (Å²) in [5.41, 5.74) is 0.926. The van der Waals surface area contributed by atoms with Gasteiger partial charge in [-0.2, -0.15) is 0 Å². The lowest BCUT2D eigenvalue weighted by Crippen LogP contribution is -2.34. The van der Waals surface area contributed by atoms with Crippen LogP contribution < -0.4 is 14.8 Å². The summed E-state index contributed by atoms with van der Waals surface area (Å²) in [6, 6.07) is 3.09. The molecule has 2 unspecified atom stereocenters. The lowest BCUT2D eigenvalue weighted by molar-refractivity contribution is -0.139. The number of rotatable bonds is 4. The Balaban J connectivity index is 2.41. The Bertz CT molecular complexity index is 492. The van der Waals surface area contributed by atoms with Gasteiger partial charge in [-0.05, 0) is 30.7 Å². The van der Waals surface area contributed by atoms with Crippen LogP contribution in [0.2, 0.25) is 0 Å². The second-order valence-corrected chi connectivity index (χ2v) is 5.25. The summed E-state index contributed by atoms with van der Waals surface area (Å²) < 4.78 is 11.3. The number of halogens is 1. The summed E-state index contributed by atoms with van der Waals surface area (Å²) in [6.07, 6.45) is 0.783. The summed E-state index contributed by atoms with van der Waals surface area (Å²) in [4.78, 5) is 11.2. The molecule has 1 aromatic rings. The maximum atomic E-state index is 11.2. The van der Waals surface area contributed by atoms with E-state index in [0.717, 1.165) is 16.5 Å². The van der Waals surface area contributed by atoms with Gasteiger partial charge >= 0.3 is 5.97 Å². The number of carbonyl (C=O) groups is 1. The number of carboxylic acid groups (broad SMARTS) is 1. The fraction of sp³-hybridized carbons (Fsp3) is 0.462. The van der Waals surface area contributed by atoms with E-state index < -0.39 is 12.0 Å². The highest BCUT2D eigenvalue weighted by atomic mass is 79.9. The molecule has 0 radical (unpaired) electrons. The minimum absolute atomic E-state index is 0.0771. The number of carboxylic acids is 1. The molecule has 1 fully saturated rings. The molecule has 0 amide bonds. The summed E-state index contributed by atoms with van der Waals surface area (Å²) >= 11 is 3.48. The van der Waals surface area contributed by atoms with Gasteiger partial charge < -0.3 is 19.9 Å². The molecule has 0 spiro atoms. The zero-order valence-electron chi connectivity index (χ0n) is 10.8. The Morgan fingerprint density at radius 2 is 2.00 bits per heavy atom. The van der Waals surface area contributed by atoms with Gasteiger partial charge in [0, 0.05) is 10.4 Å². The van der Waals surface area contributed by atoms with Gasteiger partial charge in [0.05, 0.1) is 14.2 Å². The molecule has 1 saturated heterocycles. The third-order valence-corrected chi connectivity index (χ3v) is 4.08. The third-order valence-electron chi connectivity index (χ3n) is 3.39. The van der Waals surface area contributed by atoms with Crippen molar-refractivity contribution in [3.63, 3.8) is 0 Å². The Morgan fingerprint density at radius 3 is 2.58 bits per heavy atom. The molecule has 1 aliphatic heterocycles. The molecule has 0 aliphatic carbocycles. The van der Waals surface area contributed by atoms with Crippen molar-refractivity contribution in [3.05, 3.63) is 22.2 Å². The normalized spacial score (nSPS) is 22.3. The first-order valence-corrected chi connectivity index (χ1v) is 6.75. The van der Waals surface area contributed by atoms with Gasteiger partial charge in [-0.15, -0.1) is 0 Å². The molecule has 1 aliphatic rings. The fourth-order valence-electron chi connectivity index (χ4n) is 2.45. The highest BCUT2D eigenvalue weighted by molar-refractivity contribution is 9.10. The predicted octanol–water partition coefficient (Wildman–Crippen LogP) is 2.00. The molecule has 0 saturated carbocycles. The molecule has 104 valence electrons. The molecule has 6 heteroatoms. The van der Waals surface area contributed by atoms with Crippen LogP contribution >= 0.6 is 15.9 Å². The average Bonchev–Trinajstić information content (AvgIpc) is 2.87. The van der Waals surface area contributed by atoms with Gasteiger partial charge in [0.15, 0.2) is 11.5 Å². The van der Waals surface area contributed by atoms with Crippen molar-refractivity contribution in [2.45, 2.75) is 18.4 Å². The van der Waals surface area contributed by atoms with Crippen molar-refractivity contribution in [2.75, 3.05) is 20.8 Å². The average molecular weight is 330 g/mol. The van der Waals surface area contributed by atoms with Crippen LogP contribution in [0.1, 0.15) is 17.9 Å². The molecule has 0 bridgehead atoms. The molecule has 19 heavy (non-hydrogen) atoms. The first kappa shape index (κ1) is 14.1. The van der Waals surface area contributed by atoms with E-state index in [1.54, 1.807) is 14.2 Å². The van der Waals surface area contributed by atoms with Gasteiger partial charge in [0.25, 0.3) is 0 Å². The summed E-state index contributed by atoms with van der Waals surface area (Å²) in [5, 5.41) is 12.2.